The van der Waals surface area contributed by atoms with Crippen molar-refractivity contribution in [2.24, 2.45) is 0 Å². The second-order valence-electron chi connectivity index (χ2n) is 5.38. The van der Waals surface area contributed by atoms with E-state index in [-0.39, 0.29) is 23.7 Å². The summed E-state index contributed by atoms with van der Waals surface area (Å²) in [6.07, 6.45) is 0. The molecule has 27 heavy (non-hydrogen) atoms. The van der Waals surface area contributed by atoms with Gasteiger partial charge in [0.2, 0.25) is 0 Å². The van der Waals surface area contributed by atoms with E-state index in [1.165, 1.54) is 34.1 Å². The highest BCUT2D eigenvalue weighted by Crippen LogP contribution is 2.47. The van der Waals surface area contributed by atoms with Crippen LogP contribution < -0.4 is 18.9 Å². The first-order chi connectivity index (χ1) is 12.8. The van der Waals surface area contributed by atoms with E-state index >= 15 is 0 Å². The van der Waals surface area contributed by atoms with Gasteiger partial charge >= 0.3 is 17.9 Å². The zero-order chi connectivity index (χ0) is 20.1. The number of carbonyl (C=O) groups excluding carboxylic acids is 3. The van der Waals surface area contributed by atoms with Crippen LogP contribution in [-0.2, 0) is 14.3 Å². The van der Waals surface area contributed by atoms with Gasteiger partial charge < -0.3 is 23.7 Å². The lowest BCUT2D eigenvalue weighted by Gasteiger charge is -2.18. The maximum Gasteiger partial charge on any atom is 0.342 e. The molecule has 0 aliphatic heterocycles. The van der Waals surface area contributed by atoms with Crippen molar-refractivity contribution in [2.75, 3.05) is 20.8 Å². The molecule has 2 aromatic carbocycles. The van der Waals surface area contributed by atoms with Gasteiger partial charge in [0.25, 0.3) is 0 Å². The minimum Gasteiger partial charge on any atom is -0.496 e. The van der Waals surface area contributed by atoms with E-state index < -0.39 is 17.9 Å². The summed E-state index contributed by atoms with van der Waals surface area (Å²) in [6, 6.07) is 4.69. The standard InChI is InChI=1S/C19H20O8/c1-6-25-19(22)13-9-12-14(23-4)7-8-15(24-5)16(12)18(27-11(3)21)17(13)26-10(2)20/h7-9H,6H2,1-5H3. The summed E-state index contributed by atoms with van der Waals surface area (Å²) >= 11 is 0. The molecule has 0 spiro atoms. The van der Waals surface area contributed by atoms with Gasteiger partial charge in [0.05, 0.1) is 26.2 Å². The van der Waals surface area contributed by atoms with Crippen LogP contribution in [0.5, 0.6) is 23.0 Å². The molecule has 8 heteroatoms. The van der Waals surface area contributed by atoms with E-state index in [2.05, 4.69) is 0 Å². The predicted molar refractivity (Wildman–Crippen MR) is 95.6 cm³/mol. The van der Waals surface area contributed by atoms with Gasteiger partial charge in [0.1, 0.15) is 17.1 Å². The number of benzene rings is 2. The van der Waals surface area contributed by atoms with Crippen molar-refractivity contribution >= 4 is 28.7 Å². The fourth-order valence-corrected chi connectivity index (χ4v) is 2.60. The Labute approximate surface area is 155 Å². The molecule has 2 aromatic rings. The second-order valence-corrected chi connectivity index (χ2v) is 5.38. The first-order valence-corrected chi connectivity index (χ1v) is 8.09. The first-order valence-electron chi connectivity index (χ1n) is 8.09. The molecular formula is C19H20O8. The molecule has 8 nitrogen and oxygen atoms in total. The van der Waals surface area contributed by atoms with Gasteiger partial charge in [-0.2, -0.15) is 0 Å². The Morgan fingerprint density at radius 1 is 0.889 bits per heavy atom. The van der Waals surface area contributed by atoms with E-state index in [0.717, 1.165) is 0 Å². The number of ether oxygens (including phenoxy) is 5. The van der Waals surface area contributed by atoms with Gasteiger partial charge in [-0.15, -0.1) is 0 Å². The highest BCUT2D eigenvalue weighted by atomic mass is 16.6. The Balaban J connectivity index is 3.00. The topological polar surface area (TPSA) is 97.4 Å². The Hall–Kier alpha value is -3.29. The van der Waals surface area contributed by atoms with Crippen LogP contribution in [-0.4, -0.2) is 38.7 Å². The molecule has 0 aliphatic rings. The average molecular weight is 376 g/mol. The minimum absolute atomic E-state index is 0.0812. The van der Waals surface area contributed by atoms with Crippen molar-refractivity contribution in [3.8, 4) is 23.0 Å². The summed E-state index contributed by atoms with van der Waals surface area (Å²) in [5, 5.41) is 0.739. The van der Waals surface area contributed by atoms with Gasteiger partial charge in [0, 0.05) is 19.2 Å². The van der Waals surface area contributed by atoms with E-state index in [9.17, 15) is 14.4 Å². The predicted octanol–water partition coefficient (Wildman–Crippen LogP) is 2.88. The third kappa shape index (κ3) is 4.11. The third-order valence-electron chi connectivity index (χ3n) is 3.56. The Kier molecular flexibility index (Phi) is 6.23. The normalized spacial score (nSPS) is 10.3. The number of carbonyl (C=O) groups is 3. The maximum absolute atomic E-state index is 12.5. The van der Waals surface area contributed by atoms with Crippen LogP contribution in [0.1, 0.15) is 31.1 Å². The highest BCUT2D eigenvalue weighted by molar-refractivity contribution is 6.08. The Morgan fingerprint density at radius 3 is 1.96 bits per heavy atom. The van der Waals surface area contributed by atoms with Crippen LogP contribution in [0.2, 0.25) is 0 Å². The van der Waals surface area contributed by atoms with Crippen molar-refractivity contribution in [3.63, 3.8) is 0 Å². The zero-order valence-corrected chi connectivity index (χ0v) is 15.7. The summed E-state index contributed by atoms with van der Waals surface area (Å²) < 4.78 is 26.3. The third-order valence-corrected chi connectivity index (χ3v) is 3.56. The summed E-state index contributed by atoms with van der Waals surface area (Å²) in [5.74, 6) is -1.73. The Bertz CT molecular complexity index is 900. The lowest BCUT2D eigenvalue weighted by Crippen LogP contribution is -2.14. The fourth-order valence-electron chi connectivity index (χ4n) is 2.60. The molecule has 0 N–H and O–H groups in total. The average Bonchev–Trinajstić information content (AvgIpc) is 2.61. The van der Waals surface area contributed by atoms with Gasteiger partial charge in [-0.1, -0.05) is 0 Å². The molecule has 0 heterocycles. The Morgan fingerprint density at radius 2 is 1.44 bits per heavy atom. The smallest absolute Gasteiger partial charge is 0.342 e. The van der Waals surface area contributed by atoms with E-state index in [1.807, 2.05) is 0 Å². The van der Waals surface area contributed by atoms with Crippen LogP contribution in [0.25, 0.3) is 10.8 Å². The SMILES string of the molecule is CCOC(=O)c1cc2c(OC)ccc(OC)c2c(OC(C)=O)c1OC(C)=O. The van der Waals surface area contributed by atoms with Crippen molar-refractivity contribution in [1.29, 1.82) is 0 Å². The lowest BCUT2D eigenvalue weighted by atomic mass is 10.0. The van der Waals surface area contributed by atoms with Gasteiger partial charge in [0.15, 0.2) is 11.5 Å². The van der Waals surface area contributed by atoms with Gasteiger partial charge in [-0.25, -0.2) is 4.79 Å². The van der Waals surface area contributed by atoms with Crippen molar-refractivity contribution < 1.29 is 38.1 Å². The summed E-state index contributed by atoms with van der Waals surface area (Å²) in [6.45, 7) is 4.10. The number of fused-ring (bicyclic) bond motifs is 1. The van der Waals surface area contributed by atoms with Crippen molar-refractivity contribution in [1.82, 2.24) is 0 Å². The molecular weight excluding hydrogens is 356 g/mol. The van der Waals surface area contributed by atoms with Crippen LogP contribution in [0, 0.1) is 0 Å². The molecule has 0 bridgehead atoms. The van der Waals surface area contributed by atoms with Crippen LogP contribution >= 0.6 is 0 Å². The molecule has 0 amide bonds. The largest absolute Gasteiger partial charge is 0.496 e. The van der Waals surface area contributed by atoms with Crippen LogP contribution in [0.15, 0.2) is 18.2 Å². The minimum atomic E-state index is -0.742. The molecule has 0 aliphatic carbocycles. The lowest BCUT2D eigenvalue weighted by molar-refractivity contribution is -0.134. The summed E-state index contributed by atoms with van der Waals surface area (Å²) in [5.41, 5.74) is -0.0812. The second kappa shape index (κ2) is 8.39. The molecule has 144 valence electrons. The molecule has 0 saturated heterocycles. The molecule has 0 atom stereocenters. The van der Waals surface area contributed by atoms with Crippen molar-refractivity contribution in [3.05, 3.63) is 23.8 Å². The molecule has 0 unspecified atom stereocenters. The number of hydrogen-bond donors (Lipinski definition) is 0. The van der Waals surface area contributed by atoms with Crippen molar-refractivity contribution in [2.45, 2.75) is 20.8 Å². The van der Waals surface area contributed by atoms with E-state index in [4.69, 9.17) is 23.7 Å². The monoisotopic (exact) mass is 376 g/mol. The number of methoxy groups -OCH3 is 2. The van der Waals surface area contributed by atoms with E-state index in [1.54, 1.807) is 19.1 Å². The first kappa shape index (κ1) is 20.0. The molecule has 2 rings (SSSR count). The quantitative estimate of drug-likeness (QED) is 0.561. The fraction of sp³-hybridized carbons (Fsp3) is 0.316. The number of hydrogen-bond acceptors (Lipinski definition) is 8. The summed E-state index contributed by atoms with van der Waals surface area (Å²) in [7, 11) is 2.89. The van der Waals surface area contributed by atoms with Crippen LogP contribution in [0.4, 0.5) is 0 Å². The number of rotatable bonds is 6. The van der Waals surface area contributed by atoms with Gasteiger partial charge in [-0.05, 0) is 25.1 Å². The molecule has 0 saturated carbocycles. The molecule has 0 aromatic heterocycles. The molecule has 0 fully saturated rings. The maximum atomic E-state index is 12.5. The van der Waals surface area contributed by atoms with Crippen LogP contribution in [0.3, 0.4) is 0 Å². The zero-order valence-electron chi connectivity index (χ0n) is 15.7. The summed E-state index contributed by atoms with van der Waals surface area (Å²) in [4.78, 5) is 35.8. The number of esters is 3. The highest BCUT2D eigenvalue weighted by Gasteiger charge is 2.27. The molecule has 0 radical (unpaired) electrons. The van der Waals surface area contributed by atoms with Gasteiger partial charge in [-0.3, -0.25) is 9.59 Å². The van der Waals surface area contributed by atoms with E-state index in [0.29, 0.717) is 22.3 Å².